The molecule has 112 valence electrons. The van der Waals surface area contributed by atoms with Crippen molar-refractivity contribution in [2.24, 2.45) is 4.99 Å². The summed E-state index contributed by atoms with van der Waals surface area (Å²) in [6, 6.07) is -0.174. The Balaban J connectivity index is 0.00000154. The van der Waals surface area contributed by atoms with Gasteiger partial charge in [0.05, 0.1) is 11.1 Å². The number of ether oxygens (including phenoxy) is 1. The predicted octanol–water partition coefficient (Wildman–Crippen LogP) is 2.78. The summed E-state index contributed by atoms with van der Waals surface area (Å²) in [5.41, 5.74) is -0.507. The maximum atomic E-state index is 11.6. The van der Waals surface area contributed by atoms with Gasteiger partial charge in [0.1, 0.15) is 5.60 Å². The van der Waals surface area contributed by atoms with E-state index in [4.69, 9.17) is 4.74 Å². The minimum Gasteiger partial charge on any atom is -0.444 e. The highest BCUT2D eigenvalue weighted by Gasteiger charge is 2.25. The van der Waals surface area contributed by atoms with Crippen LogP contribution in [0.2, 0.25) is 0 Å². The highest BCUT2D eigenvalue weighted by Crippen LogP contribution is 2.20. The molecule has 6 heteroatoms. The van der Waals surface area contributed by atoms with Gasteiger partial charge in [-0.25, -0.2) is 9.79 Å². The standard InChI is InChI=1S/C11H20N2O3S.C2H6/c1-5-7(9-13-8(14)6-17-9)12-10(15)16-11(2,3)4;1-2/h7-8,14H,5-6H2,1-4H3,(H,12,15);1-2H3. The van der Waals surface area contributed by atoms with E-state index in [1.165, 1.54) is 11.8 Å². The summed E-state index contributed by atoms with van der Waals surface area (Å²) in [7, 11) is 0. The largest absolute Gasteiger partial charge is 0.444 e. The summed E-state index contributed by atoms with van der Waals surface area (Å²) < 4.78 is 5.18. The van der Waals surface area contributed by atoms with Gasteiger partial charge in [-0.2, -0.15) is 0 Å². The third kappa shape index (κ3) is 7.42. The predicted molar refractivity (Wildman–Crippen MR) is 80.7 cm³/mol. The van der Waals surface area contributed by atoms with Crippen LogP contribution in [-0.4, -0.2) is 39.9 Å². The minimum absolute atomic E-state index is 0.174. The number of aliphatic hydroxyl groups excluding tert-OH is 1. The van der Waals surface area contributed by atoms with Crippen molar-refractivity contribution in [3.05, 3.63) is 0 Å². The lowest BCUT2D eigenvalue weighted by atomic mass is 10.2. The summed E-state index contributed by atoms with van der Waals surface area (Å²) in [6.45, 7) is 11.4. The third-order valence-electron chi connectivity index (χ3n) is 2.05. The van der Waals surface area contributed by atoms with Gasteiger partial charge in [-0.05, 0) is 27.2 Å². The normalized spacial score (nSPS) is 19.9. The molecular formula is C13H26N2O3S. The molecule has 0 saturated heterocycles. The maximum Gasteiger partial charge on any atom is 0.408 e. The second-order valence-electron chi connectivity index (χ2n) is 4.87. The van der Waals surface area contributed by atoms with Crippen molar-refractivity contribution in [1.29, 1.82) is 0 Å². The first kappa shape index (κ1) is 18.2. The van der Waals surface area contributed by atoms with Crippen LogP contribution < -0.4 is 5.32 Å². The number of hydrogen-bond acceptors (Lipinski definition) is 5. The zero-order valence-electron chi connectivity index (χ0n) is 12.7. The number of hydrogen-bond donors (Lipinski definition) is 2. The van der Waals surface area contributed by atoms with Crippen molar-refractivity contribution in [1.82, 2.24) is 5.32 Å². The number of nitrogens with one attached hydrogen (secondary N) is 1. The van der Waals surface area contributed by atoms with Crippen molar-refractivity contribution in [2.45, 2.75) is 65.8 Å². The summed E-state index contributed by atoms with van der Waals surface area (Å²) in [5, 5.41) is 12.8. The molecule has 2 N–H and O–H groups in total. The Hall–Kier alpha value is -0.750. The third-order valence-corrected chi connectivity index (χ3v) is 3.20. The number of thioether (sulfide) groups is 1. The molecule has 19 heavy (non-hydrogen) atoms. The molecule has 1 rings (SSSR count). The van der Waals surface area contributed by atoms with E-state index in [1.54, 1.807) is 0 Å². The van der Waals surface area contributed by atoms with Crippen molar-refractivity contribution in [2.75, 3.05) is 5.75 Å². The fraction of sp³-hybridized carbons (Fsp3) is 0.846. The van der Waals surface area contributed by atoms with E-state index in [0.29, 0.717) is 5.75 Å². The Morgan fingerprint density at radius 1 is 1.58 bits per heavy atom. The van der Waals surface area contributed by atoms with E-state index in [-0.39, 0.29) is 6.04 Å². The zero-order chi connectivity index (χ0) is 15.1. The Morgan fingerprint density at radius 3 is 2.53 bits per heavy atom. The SMILES string of the molecule is CC.CCC(NC(=O)OC(C)(C)C)C1=NC(O)CS1. The lowest BCUT2D eigenvalue weighted by Gasteiger charge is -2.22. The van der Waals surface area contributed by atoms with Crippen LogP contribution in [0.15, 0.2) is 4.99 Å². The highest BCUT2D eigenvalue weighted by atomic mass is 32.2. The van der Waals surface area contributed by atoms with E-state index in [9.17, 15) is 9.90 Å². The molecule has 1 amide bonds. The Labute approximate surface area is 120 Å². The Kier molecular flexibility index (Phi) is 8.09. The lowest BCUT2D eigenvalue weighted by Crippen LogP contribution is -2.42. The molecule has 0 fully saturated rings. The van der Waals surface area contributed by atoms with Crippen LogP contribution in [0.4, 0.5) is 4.79 Å². The van der Waals surface area contributed by atoms with Crippen LogP contribution in [0.3, 0.4) is 0 Å². The average molecular weight is 290 g/mol. The molecule has 0 aliphatic carbocycles. The molecule has 0 radical (unpaired) electrons. The van der Waals surface area contributed by atoms with Crippen LogP contribution in [0, 0.1) is 0 Å². The fourth-order valence-electron chi connectivity index (χ4n) is 1.36. The first-order valence-electron chi connectivity index (χ1n) is 6.70. The molecule has 5 nitrogen and oxygen atoms in total. The second-order valence-corrected chi connectivity index (χ2v) is 5.91. The van der Waals surface area contributed by atoms with Crippen molar-refractivity contribution < 1.29 is 14.6 Å². The van der Waals surface area contributed by atoms with Gasteiger partial charge in [0, 0.05) is 5.75 Å². The molecule has 0 aromatic heterocycles. The molecule has 0 saturated carbocycles. The zero-order valence-corrected chi connectivity index (χ0v) is 13.5. The van der Waals surface area contributed by atoms with E-state index in [2.05, 4.69) is 10.3 Å². The summed E-state index contributed by atoms with van der Waals surface area (Å²) in [6.07, 6.45) is -0.379. The number of amides is 1. The fourth-order valence-corrected chi connectivity index (χ4v) is 2.38. The molecule has 2 unspecified atom stereocenters. The van der Waals surface area contributed by atoms with Gasteiger partial charge in [-0.15, -0.1) is 11.8 Å². The quantitative estimate of drug-likeness (QED) is 0.838. The summed E-state index contributed by atoms with van der Waals surface area (Å²) in [4.78, 5) is 15.7. The Bertz CT molecular complexity index is 314. The van der Waals surface area contributed by atoms with E-state index in [1.807, 2.05) is 41.5 Å². The van der Waals surface area contributed by atoms with Gasteiger partial charge in [-0.3, -0.25) is 0 Å². The number of rotatable bonds is 3. The number of nitrogens with zero attached hydrogens (tertiary/aromatic N) is 1. The van der Waals surface area contributed by atoms with E-state index in [0.717, 1.165) is 11.5 Å². The van der Waals surface area contributed by atoms with Crippen LogP contribution in [0.1, 0.15) is 48.0 Å². The van der Waals surface area contributed by atoms with E-state index >= 15 is 0 Å². The number of carbonyl (C=O) groups is 1. The van der Waals surface area contributed by atoms with Crippen LogP contribution in [0.25, 0.3) is 0 Å². The smallest absolute Gasteiger partial charge is 0.408 e. The number of aliphatic imine (C=N–C) groups is 1. The summed E-state index contributed by atoms with van der Waals surface area (Å²) in [5.74, 6) is 0.557. The highest BCUT2D eigenvalue weighted by molar-refractivity contribution is 8.14. The molecule has 2 atom stereocenters. The first-order chi connectivity index (χ1) is 8.81. The van der Waals surface area contributed by atoms with Crippen molar-refractivity contribution in [3.8, 4) is 0 Å². The van der Waals surface area contributed by atoms with Crippen LogP contribution in [0.5, 0.6) is 0 Å². The van der Waals surface area contributed by atoms with Gasteiger partial charge in [0.15, 0.2) is 6.23 Å². The molecule has 0 bridgehead atoms. The van der Waals surface area contributed by atoms with Crippen molar-refractivity contribution >= 4 is 22.9 Å². The topological polar surface area (TPSA) is 70.9 Å². The molecular weight excluding hydrogens is 264 g/mol. The second kappa shape index (κ2) is 8.43. The van der Waals surface area contributed by atoms with Gasteiger partial charge < -0.3 is 15.2 Å². The monoisotopic (exact) mass is 290 g/mol. The molecule has 0 aromatic rings. The van der Waals surface area contributed by atoms with Gasteiger partial charge in [0.25, 0.3) is 0 Å². The summed E-state index contributed by atoms with van der Waals surface area (Å²) >= 11 is 1.47. The average Bonchev–Trinajstić information content (AvgIpc) is 2.73. The molecule has 1 aliphatic rings. The molecule has 1 heterocycles. The number of carbonyl (C=O) groups excluding carboxylic acids is 1. The number of alkyl carbamates (subject to hydrolysis) is 1. The maximum absolute atomic E-state index is 11.6. The van der Waals surface area contributed by atoms with Gasteiger partial charge >= 0.3 is 6.09 Å². The lowest BCUT2D eigenvalue weighted by molar-refractivity contribution is 0.0517. The molecule has 1 aliphatic heterocycles. The Morgan fingerprint density at radius 2 is 2.16 bits per heavy atom. The van der Waals surface area contributed by atoms with Gasteiger partial charge in [-0.1, -0.05) is 20.8 Å². The number of aliphatic hydroxyl groups is 1. The first-order valence-corrected chi connectivity index (χ1v) is 7.68. The molecule has 0 aromatic carbocycles. The van der Waals surface area contributed by atoms with Crippen LogP contribution >= 0.6 is 11.8 Å². The van der Waals surface area contributed by atoms with Crippen LogP contribution in [-0.2, 0) is 4.74 Å². The minimum atomic E-state index is -0.649. The molecule has 0 spiro atoms. The van der Waals surface area contributed by atoms with Gasteiger partial charge in [0.2, 0.25) is 0 Å². The van der Waals surface area contributed by atoms with E-state index < -0.39 is 17.9 Å². The van der Waals surface area contributed by atoms with Crippen molar-refractivity contribution in [3.63, 3.8) is 0 Å².